The molecule has 0 aromatic heterocycles. The van der Waals surface area contributed by atoms with Gasteiger partial charge in [0.05, 0.1) is 6.54 Å². The summed E-state index contributed by atoms with van der Waals surface area (Å²) < 4.78 is 5.54. The van der Waals surface area contributed by atoms with Crippen LogP contribution < -0.4 is 10.6 Å². The third kappa shape index (κ3) is 4.52. The highest BCUT2D eigenvalue weighted by molar-refractivity contribution is 6.22. The van der Waals surface area contributed by atoms with E-state index >= 15 is 0 Å². The van der Waals surface area contributed by atoms with Crippen LogP contribution in [0.15, 0.2) is 59.6 Å². The number of benzene rings is 2. The molecule has 0 bridgehead atoms. The van der Waals surface area contributed by atoms with Gasteiger partial charge < -0.3 is 20.5 Å². The largest absolute Gasteiger partial charge is 0.485 e. The van der Waals surface area contributed by atoms with Crippen molar-refractivity contribution in [2.24, 2.45) is 4.99 Å². The summed E-state index contributed by atoms with van der Waals surface area (Å²) in [6.07, 6.45) is 0.587. The number of aliphatic imine (C=N–C) groups is 1. The molecule has 0 unspecified atom stereocenters. The summed E-state index contributed by atoms with van der Waals surface area (Å²) >= 11 is 0. The molecule has 0 aliphatic carbocycles. The number of rotatable bonds is 7. The third-order valence-electron chi connectivity index (χ3n) is 3.86. The van der Waals surface area contributed by atoms with Crippen molar-refractivity contribution in [1.29, 1.82) is 0 Å². The van der Waals surface area contributed by atoms with Crippen molar-refractivity contribution in [1.82, 2.24) is 5.32 Å². The van der Waals surface area contributed by atoms with E-state index in [1.54, 1.807) is 48.5 Å². The zero-order valence-corrected chi connectivity index (χ0v) is 14.5. The summed E-state index contributed by atoms with van der Waals surface area (Å²) in [5.41, 5.74) is 1.75. The van der Waals surface area contributed by atoms with Gasteiger partial charge in [0, 0.05) is 17.8 Å². The van der Waals surface area contributed by atoms with Gasteiger partial charge in [-0.2, -0.15) is 0 Å². The maximum Gasteiger partial charge on any atom is 0.340 e. The number of carboxylic acid groups (broad SMARTS) is 1. The Morgan fingerprint density at radius 3 is 2.63 bits per heavy atom. The molecule has 1 heterocycles. The van der Waals surface area contributed by atoms with Crippen molar-refractivity contribution in [3.05, 3.63) is 65.7 Å². The number of guanidine groups is 1. The Hall–Kier alpha value is -3.61. The highest BCUT2D eigenvalue weighted by Gasteiger charge is 2.20. The lowest BCUT2D eigenvalue weighted by atomic mass is 10.0. The maximum atomic E-state index is 12.0. The SMILES string of the molecule is O=CCOC(=C(C(=O)O)c1ccccc1)c1cccc(NC2=NCCN2)c1. The minimum atomic E-state index is -1.14. The molecule has 0 radical (unpaired) electrons. The molecule has 0 amide bonds. The number of nitrogens with zero attached hydrogens (tertiary/aromatic N) is 1. The van der Waals surface area contributed by atoms with Gasteiger partial charge in [0.25, 0.3) is 0 Å². The number of carbonyl (C=O) groups is 2. The summed E-state index contributed by atoms with van der Waals surface area (Å²) in [5.74, 6) is -0.346. The van der Waals surface area contributed by atoms with Gasteiger partial charge in [-0.05, 0) is 17.7 Å². The first-order valence-corrected chi connectivity index (χ1v) is 8.44. The lowest BCUT2D eigenvalue weighted by Gasteiger charge is -2.15. The smallest absolute Gasteiger partial charge is 0.340 e. The van der Waals surface area contributed by atoms with Gasteiger partial charge in [0.15, 0.2) is 12.2 Å². The van der Waals surface area contributed by atoms with Crippen LogP contribution in [0.1, 0.15) is 11.1 Å². The zero-order chi connectivity index (χ0) is 19.1. The van der Waals surface area contributed by atoms with E-state index in [0.29, 0.717) is 29.9 Å². The molecule has 7 heteroatoms. The number of hydrogen-bond acceptors (Lipinski definition) is 6. The molecule has 0 fully saturated rings. The number of carbonyl (C=O) groups excluding carboxylic acids is 1. The number of anilines is 1. The fraction of sp³-hybridized carbons (Fsp3) is 0.150. The lowest BCUT2D eigenvalue weighted by Crippen LogP contribution is -2.26. The second kappa shape index (κ2) is 8.66. The number of aliphatic carboxylic acids is 1. The minimum Gasteiger partial charge on any atom is -0.485 e. The van der Waals surface area contributed by atoms with Crippen molar-refractivity contribution < 1.29 is 19.4 Å². The second-order valence-corrected chi connectivity index (χ2v) is 5.72. The molecule has 27 heavy (non-hydrogen) atoms. The van der Waals surface area contributed by atoms with E-state index in [4.69, 9.17) is 4.74 Å². The van der Waals surface area contributed by atoms with Crippen LogP contribution >= 0.6 is 0 Å². The van der Waals surface area contributed by atoms with Gasteiger partial charge in [-0.3, -0.25) is 9.79 Å². The number of hydrogen-bond donors (Lipinski definition) is 3. The van der Waals surface area contributed by atoms with Crippen LogP contribution in [0.2, 0.25) is 0 Å². The molecule has 0 atom stereocenters. The van der Waals surface area contributed by atoms with Gasteiger partial charge in [-0.25, -0.2) is 4.79 Å². The Morgan fingerprint density at radius 2 is 1.96 bits per heavy atom. The van der Waals surface area contributed by atoms with E-state index in [1.807, 2.05) is 6.07 Å². The molecule has 7 nitrogen and oxygen atoms in total. The van der Waals surface area contributed by atoms with Crippen molar-refractivity contribution in [2.45, 2.75) is 0 Å². The van der Waals surface area contributed by atoms with Crippen molar-refractivity contribution in [2.75, 3.05) is 25.0 Å². The van der Waals surface area contributed by atoms with Crippen LogP contribution in [0.5, 0.6) is 0 Å². The molecule has 138 valence electrons. The van der Waals surface area contributed by atoms with Crippen molar-refractivity contribution >= 4 is 35.2 Å². The first kappa shape index (κ1) is 18.2. The lowest BCUT2D eigenvalue weighted by molar-refractivity contribution is -0.130. The average molecular weight is 365 g/mol. The van der Waals surface area contributed by atoms with Gasteiger partial charge in [-0.15, -0.1) is 0 Å². The highest BCUT2D eigenvalue weighted by Crippen LogP contribution is 2.29. The summed E-state index contributed by atoms with van der Waals surface area (Å²) in [7, 11) is 0. The molecule has 1 aliphatic heterocycles. The fourth-order valence-corrected chi connectivity index (χ4v) is 2.73. The molecule has 3 N–H and O–H groups in total. The molecule has 0 saturated carbocycles. The van der Waals surface area contributed by atoms with Crippen LogP contribution in [-0.4, -0.2) is 43.0 Å². The number of aldehydes is 1. The van der Waals surface area contributed by atoms with Gasteiger partial charge in [0.2, 0.25) is 0 Å². The second-order valence-electron chi connectivity index (χ2n) is 5.72. The summed E-state index contributed by atoms with van der Waals surface area (Å²) in [5, 5.41) is 16.0. The van der Waals surface area contributed by atoms with E-state index in [1.165, 1.54) is 0 Å². The molecule has 0 spiro atoms. The first-order chi connectivity index (χ1) is 13.2. The van der Waals surface area contributed by atoms with E-state index in [0.717, 1.165) is 12.2 Å². The quantitative estimate of drug-likeness (QED) is 0.301. The van der Waals surface area contributed by atoms with E-state index < -0.39 is 5.97 Å². The number of carboxylic acids is 1. The molecular weight excluding hydrogens is 346 g/mol. The molecule has 1 aliphatic rings. The summed E-state index contributed by atoms with van der Waals surface area (Å²) in [6.45, 7) is 1.23. The van der Waals surface area contributed by atoms with E-state index in [-0.39, 0.29) is 17.9 Å². The number of nitrogens with one attached hydrogen (secondary N) is 2. The Kier molecular flexibility index (Phi) is 5.84. The molecule has 0 saturated heterocycles. The fourth-order valence-electron chi connectivity index (χ4n) is 2.73. The van der Waals surface area contributed by atoms with Crippen molar-refractivity contribution in [3.8, 4) is 0 Å². The van der Waals surface area contributed by atoms with Crippen LogP contribution in [0, 0.1) is 0 Å². The summed E-state index contributed by atoms with van der Waals surface area (Å²) in [4.78, 5) is 27.1. The van der Waals surface area contributed by atoms with Crippen LogP contribution in [0.4, 0.5) is 5.69 Å². The predicted octanol–water partition coefficient (Wildman–Crippen LogP) is 2.23. The van der Waals surface area contributed by atoms with E-state index in [2.05, 4.69) is 15.6 Å². The van der Waals surface area contributed by atoms with Gasteiger partial charge in [-0.1, -0.05) is 42.5 Å². The molecular formula is C20H19N3O4. The monoisotopic (exact) mass is 365 g/mol. The van der Waals surface area contributed by atoms with Crippen LogP contribution in [0.3, 0.4) is 0 Å². The normalized spacial score (nSPS) is 13.9. The highest BCUT2D eigenvalue weighted by atomic mass is 16.5. The molecule has 3 rings (SSSR count). The Bertz CT molecular complexity index is 891. The molecule has 2 aromatic carbocycles. The first-order valence-electron chi connectivity index (χ1n) is 8.44. The Balaban J connectivity index is 2.05. The van der Waals surface area contributed by atoms with Crippen LogP contribution in [0.25, 0.3) is 11.3 Å². The average Bonchev–Trinajstić information content (AvgIpc) is 3.18. The van der Waals surface area contributed by atoms with Gasteiger partial charge in [0.1, 0.15) is 17.9 Å². The Labute approximate surface area is 156 Å². The Morgan fingerprint density at radius 1 is 1.19 bits per heavy atom. The third-order valence-corrected chi connectivity index (χ3v) is 3.86. The standard InChI is InChI=1S/C20H19N3O4/c24-11-12-27-18(17(19(25)26)14-5-2-1-3-6-14)15-7-4-8-16(13-15)23-20-21-9-10-22-20/h1-8,11,13H,9-10,12H2,(H,25,26)(H2,21,22,23). The zero-order valence-electron chi connectivity index (χ0n) is 14.5. The summed E-state index contributed by atoms with van der Waals surface area (Å²) in [6, 6.07) is 15.8. The minimum absolute atomic E-state index is 0.00840. The number of ether oxygens (including phenoxy) is 1. The maximum absolute atomic E-state index is 12.0. The van der Waals surface area contributed by atoms with Gasteiger partial charge >= 0.3 is 5.97 Å². The van der Waals surface area contributed by atoms with E-state index in [9.17, 15) is 14.7 Å². The van der Waals surface area contributed by atoms with Crippen LogP contribution in [-0.2, 0) is 14.3 Å². The molecule has 2 aromatic rings. The van der Waals surface area contributed by atoms with Crippen molar-refractivity contribution in [3.63, 3.8) is 0 Å². The topological polar surface area (TPSA) is 100 Å². The predicted molar refractivity (Wildman–Crippen MR) is 103 cm³/mol.